The molecular weight excluding hydrogens is 224 g/mol. The molecule has 1 aliphatic rings. The molecule has 2 aromatic rings. The summed E-state index contributed by atoms with van der Waals surface area (Å²) in [5, 5.41) is 12.0. The van der Waals surface area contributed by atoms with E-state index in [9.17, 15) is 0 Å². The number of hydrogen-bond acceptors (Lipinski definition) is 3. The van der Waals surface area contributed by atoms with Crippen LogP contribution in [0, 0.1) is 6.92 Å². The van der Waals surface area contributed by atoms with Gasteiger partial charge in [0.15, 0.2) is 5.82 Å². The highest BCUT2D eigenvalue weighted by atomic mass is 15.3. The van der Waals surface area contributed by atoms with Crippen molar-refractivity contribution in [3.8, 4) is 11.4 Å². The highest BCUT2D eigenvalue weighted by Crippen LogP contribution is 2.27. The standard InChI is InChI=1S/C14H18N4/c1-11-16-17-14(12-5-3-2-4-6-12)18(11)13-7-9-15-10-8-13/h2-6,13,15H,7-10H2,1H3. The van der Waals surface area contributed by atoms with E-state index in [0.717, 1.165) is 43.1 Å². The molecule has 0 atom stereocenters. The maximum absolute atomic E-state index is 4.35. The monoisotopic (exact) mass is 242 g/mol. The Kier molecular flexibility index (Phi) is 3.11. The van der Waals surface area contributed by atoms with Crippen LogP contribution in [0.4, 0.5) is 0 Å². The molecule has 18 heavy (non-hydrogen) atoms. The van der Waals surface area contributed by atoms with E-state index >= 15 is 0 Å². The Bertz CT molecular complexity index is 512. The molecule has 4 nitrogen and oxygen atoms in total. The predicted octanol–water partition coefficient (Wildman–Crippen LogP) is 2.18. The van der Waals surface area contributed by atoms with Crippen LogP contribution >= 0.6 is 0 Å². The Morgan fingerprint density at radius 2 is 1.83 bits per heavy atom. The van der Waals surface area contributed by atoms with Crippen LogP contribution in [-0.2, 0) is 0 Å². The van der Waals surface area contributed by atoms with Crippen LogP contribution < -0.4 is 5.32 Å². The molecule has 1 fully saturated rings. The Morgan fingerprint density at radius 3 is 2.56 bits per heavy atom. The summed E-state index contributed by atoms with van der Waals surface area (Å²) in [5.41, 5.74) is 1.15. The molecule has 4 heteroatoms. The van der Waals surface area contributed by atoms with Crippen LogP contribution in [0.2, 0.25) is 0 Å². The van der Waals surface area contributed by atoms with Crippen molar-refractivity contribution in [2.75, 3.05) is 13.1 Å². The molecule has 3 rings (SSSR count). The van der Waals surface area contributed by atoms with E-state index in [0.29, 0.717) is 6.04 Å². The quantitative estimate of drug-likeness (QED) is 0.877. The van der Waals surface area contributed by atoms with Gasteiger partial charge in [-0.2, -0.15) is 0 Å². The maximum atomic E-state index is 4.35. The van der Waals surface area contributed by atoms with Crippen molar-refractivity contribution in [3.63, 3.8) is 0 Å². The lowest BCUT2D eigenvalue weighted by atomic mass is 10.1. The minimum atomic E-state index is 0.524. The molecule has 0 spiro atoms. The maximum Gasteiger partial charge on any atom is 0.164 e. The normalized spacial score (nSPS) is 16.9. The second-order valence-electron chi connectivity index (χ2n) is 4.79. The fourth-order valence-corrected chi connectivity index (χ4v) is 2.66. The first-order valence-electron chi connectivity index (χ1n) is 6.54. The van der Waals surface area contributed by atoms with Crippen molar-refractivity contribution in [1.29, 1.82) is 0 Å². The van der Waals surface area contributed by atoms with E-state index in [1.54, 1.807) is 0 Å². The number of hydrogen-bond donors (Lipinski definition) is 1. The van der Waals surface area contributed by atoms with Gasteiger partial charge in [0.2, 0.25) is 0 Å². The minimum absolute atomic E-state index is 0.524. The fraction of sp³-hybridized carbons (Fsp3) is 0.429. The molecule has 1 N–H and O–H groups in total. The highest BCUT2D eigenvalue weighted by Gasteiger charge is 2.21. The first kappa shape index (κ1) is 11.4. The minimum Gasteiger partial charge on any atom is -0.317 e. The zero-order valence-electron chi connectivity index (χ0n) is 10.6. The van der Waals surface area contributed by atoms with Crippen LogP contribution in [0.25, 0.3) is 11.4 Å². The number of piperidine rings is 1. The zero-order chi connectivity index (χ0) is 12.4. The van der Waals surface area contributed by atoms with Crippen molar-refractivity contribution in [3.05, 3.63) is 36.2 Å². The second-order valence-corrected chi connectivity index (χ2v) is 4.79. The smallest absolute Gasteiger partial charge is 0.164 e. The van der Waals surface area contributed by atoms with Crippen LogP contribution in [0.3, 0.4) is 0 Å². The molecule has 1 aromatic heterocycles. The van der Waals surface area contributed by atoms with Gasteiger partial charge in [0, 0.05) is 11.6 Å². The lowest BCUT2D eigenvalue weighted by molar-refractivity contribution is 0.365. The van der Waals surface area contributed by atoms with Crippen LogP contribution in [-0.4, -0.2) is 27.9 Å². The first-order chi connectivity index (χ1) is 8.86. The van der Waals surface area contributed by atoms with E-state index < -0.39 is 0 Å². The highest BCUT2D eigenvalue weighted by molar-refractivity contribution is 5.55. The van der Waals surface area contributed by atoms with Gasteiger partial charge in [-0.05, 0) is 32.9 Å². The van der Waals surface area contributed by atoms with Gasteiger partial charge in [-0.15, -0.1) is 10.2 Å². The molecule has 1 aliphatic heterocycles. The molecule has 0 amide bonds. The summed E-state index contributed by atoms with van der Waals surface area (Å²) in [6.07, 6.45) is 2.30. The summed E-state index contributed by atoms with van der Waals surface area (Å²) in [5.74, 6) is 2.01. The molecule has 0 radical (unpaired) electrons. The largest absolute Gasteiger partial charge is 0.317 e. The summed E-state index contributed by atoms with van der Waals surface area (Å²) in [6.45, 7) is 4.20. The fourth-order valence-electron chi connectivity index (χ4n) is 2.66. The van der Waals surface area contributed by atoms with E-state index in [4.69, 9.17) is 0 Å². The Labute approximate surface area is 107 Å². The molecule has 0 aliphatic carbocycles. The Hall–Kier alpha value is -1.68. The van der Waals surface area contributed by atoms with E-state index in [1.165, 1.54) is 0 Å². The number of aryl methyl sites for hydroxylation is 1. The van der Waals surface area contributed by atoms with Gasteiger partial charge in [-0.25, -0.2) is 0 Å². The van der Waals surface area contributed by atoms with Crippen LogP contribution in [0.5, 0.6) is 0 Å². The summed E-state index contributed by atoms with van der Waals surface area (Å²) < 4.78 is 2.30. The summed E-state index contributed by atoms with van der Waals surface area (Å²) in [7, 11) is 0. The third kappa shape index (κ3) is 2.04. The SMILES string of the molecule is Cc1nnc(-c2ccccc2)n1C1CCNCC1. The summed E-state index contributed by atoms with van der Waals surface area (Å²) >= 11 is 0. The molecule has 94 valence electrons. The molecule has 0 unspecified atom stereocenters. The van der Waals surface area contributed by atoms with Crippen LogP contribution in [0.15, 0.2) is 30.3 Å². The number of rotatable bonds is 2. The third-order valence-electron chi connectivity index (χ3n) is 3.57. The topological polar surface area (TPSA) is 42.7 Å². The van der Waals surface area contributed by atoms with E-state index in [-0.39, 0.29) is 0 Å². The predicted molar refractivity (Wildman–Crippen MR) is 71.3 cm³/mol. The molecule has 0 saturated carbocycles. The summed E-state index contributed by atoms with van der Waals surface area (Å²) in [6, 6.07) is 10.8. The van der Waals surface area contributed by atoms with Gasteiger partial charge in [0.05, 0.1) is 0 Å². The lowest BCUT2D eigenvalue weighted by Crippen LogP contribution is -2.30. The summed E-state index contributed by atoms with van der Waals surface area (Å²) in [4.78, 5) is 0. The number of nitrogens with one attached hydrogen (secondary N) is 1. The average molecular weight is 242 g/mol. The lowest BCUT2D eigenvalue weighted by Gasteiger charge is -2.26. The molecule has 1 saturated heterocycles. The van der Waals surface area contributed by atoms with Crippen molar-refractivity contribution in [2.45, 2.75) is 25.8 Å². The zero-order valence-corrected chi connectivity index (χ0v) is 10.6. The molecular formula is C14H18N4. The van der Waals surface area contributed by atoms with Gasteiger partial charge < -0.3 is 9.88 Å². The Morgan fingerprint density at radius 1 is 1.11 bits per heavy atom. The van der Waals surface area contributed by atoms with Crippen molar-refractivity contribution in [1.82, 2.24) is 20.1 Å². The van der Waals surface area contributed by atoms with Crippen LogP contribution in [0.1, 0.15) is 24.7 Å². The second kappa shape index (κ2) is 4.90. The van der Waals surface area contributed by atoms with Crippen molar-refractivity contribution >= 4 is 0 Å². The Balaban J connectivity index is 2.01. The number of nitrogens with zero attached hydrogens (tertiary/aromatic N) is 3. The van der Waals surface area contributed by atoms with Gasteiger partial charge in [-0.1, -0.05) is 30.3 Å². The average Bonchev–Trinajstić information content (AvgIpc) is 2.83. The molecule has 0 bridgehead atoms. The van der Waals surface area contributed by atoms with Gasteiger partial charge >= 0.3 is 0 Å². The molecule has 2 heterocycles. The number of benzene rings is 1. The van der Waals surface area contributed by atoms with E-state index in [1.807, 2.05) is 25.1 Å². The third-order valence-corrected chi connectivity index (χ3v) is 3.57. The van der Waals surface area contributed by atoms with Gasteiger partial charge in [0.1, 0.15) is 5.82 Å². The molecule has 1 aromatic carbocycles. The van der Waals surface area contributed by atoms with E-state index in [2.05, 4.69) is 32.2 Å². The van der Waals surface area contributed by atoms with Crippen molar-refractivity contribution in [2.24, 2.45) is 0 Å². The van der Waals surface area contributed by atoms with Gasteiger partial charge in [0.25, 0.3) is 0 Å². The van der Waals surface area contributed by atoms with Crippen molar-refractivity contribution < 1.29 is 0 Å². The number of aromatic nitrogens is 3. The first-order valence-corrected chi connectivity index (χ1v) is 6.54. The van der Waals surface area contributed by atoms with Gasteiger partial charge in [-0.3, -0.25) is 0 Å².